The first-order valence-corrected chi connectivity index (χ1v) is 7.66. The molecule has 1 aromatic rings. The Morgan fingerprint density at radius 3 is 2.65 bits per heavy atom. The molecule has 3 nitrogen and oxygen atoms in total. The number of ketones is 1. The Morgan fingerprint density at radius 1 is 1.30 bits per heavy atom. The van der Waals surface area contributed by atoms with E-state index in [0.29, 0.717) is 22.4 Å². The lowest BCUT2D eigenvalue weighted by atomic mass is 10.00. The van der Waals surface area contributed by atoms with Gasteiger partial charge in [-0.15, -0.1) is 0 Å². The quantitative estimate of drug-likeness (QED) is 0.871. The number of nitrogens with zero attached hydrogens (tertiary/aromatic N) is 1. The molecule has 0 amide bonds. The van der Waals surface area contributed by atoms with Crippen molar-refractivity contribution in [2.75, 3.05) is 13.1 Å². The minimum absolute atomic E-state index is 0.131. The fraction of sp³-hybridized carbons (Fsp3) is 0.562. The van der Waals surface area contributed by atoms with Gasteiger partial charge in [0.25, 0.3) is 0 Å². The van der Waals surface area contributed by atoms with Crippen LogP contribution in [-0.4, -0.2) is 41.0 Å². The summed E-state index contributed by atoms with van der Waals surface area (Å²) >= 11 is 5.85. The molecular formula is C16H20ClNO2. The highest BCUT2D eigenvalue weighted by atomic mass is 35.5. The molecule has 4 unspecified atom stereocenters. The Bertz CT molecular complexity index is 502. The standard InChI is InChI=1S/C16H20ClNO2/c1-10(16(20)11-2-5-13(17)6-3-11)18-8-12-4-7-15(19)14(12)9-18/h2-3,5-6,10,12,14-15,19H,4,7-9H2,1H3. The third kappa shape index (κ3) is 2.50. The number of hydrogen-bond acceptors (Lipinski definition) is 3. The Balaban J connectivity index is 1.69. The Kier molecular flexibility index (Phi) is 3.85. The van der Waals surface area contributed by atoms with Crippen molar-refractivity contribution in [1.29, 1.82) is 0 Å². The van der Waals surface area contributed by atoms with E-state index in [1.807, 2.05) is 6.92 Å². The zero-order valence-electron chi connectivity index (χ0n) is 11.6. The highest BCUT2D eigenvalue weighted by Gasteiger charge is 2.43. The molecule has 2 aliphatic rings. The molecule has 4 atom stereocenters. The highest BCUT2D eigenvalue weighted by Crippen LogP contribution is 2.39. The second-order valence-electron chi connectivity index (χ2n) is 6.07. The van der Waals surface area contributed by atoms with Gasteiger partial charge >= 0.3 is 0 Å². The number of aliphatic hydroxyl groups excluding tert-OH is 1. The molecule has 3 rings (SSSR count). The van der Waals surface area contributed by atoms with Crippen molar-refractivity contribution in [1.82, 2.24) is 4.90 Å². The fourth-order valence-corrected chi connectivity index (χ4v) is 3.73. The molecule has 0 radical (unpaired) electrons. The largest absolute Gasteiger partial charge is 0.393 e. The van der Waals surface area contributed by atoms with Crippen molar-refractivity contribution in [3.63, 3.8) is 0 Å². The summed E-state index contributed by atoms with van der Waals surface area (Å²) in [7, 11) is 0. The molecule has 108 valence electrons. The van der Waals surface area contributed by atoms with Crippen LogP contribution < -0.4 is 0 Å². The van der Waals surface area contributed by atoms with E-state index in [0.717, 1.165) is 25.9 Å². The molecule has 1 aliphatic carbocycles. The van der Waals surface area contributed by atoms with E-state index in [4.69, 9.17) is 11.6 Å². The van der Waals surface area contributed by atoms with Crippen molar-refractivity contribution >= 4 is 17.4 Å². The van der Waals surface area contributed by atoms with Gasteiger partial charge in [0.05, 0.1) is 12.1 Å². The molecule has 0 spiro atoms. The van der Waals surface area contributed by atoms with Gasteiger partial charge in [0.1, 0.15) is 0 Å². The summed E-state index contributed by atoms with van der Waals surface area (Å²) in [6.45, 7) is 3.74. The van der Waals surface area contributed by atoms with Crippen LogP contribution in [0, 0.1) is 11.8 Å². The first-order valence-electron chi connectivity index (χ1n) is 7.28. The molecule has 0 bridgehead atoms. The van der Waals surface area contributed by atoms with Crippen LogP contribution in [-0.2, 0) is 0 Å². The Hall–Kier alpha value is -0.900. The van der Waals surface area contributed by atoms with Crippen molar-refractivity contribution in [2.45, 2.75) is 31.9 Å². The number of carbonyl (C=O) groups excluding carboxylic acids is 1. The van der Waals surface area contributed by atoms with E-state index in [1.54, 1.807) is 24.3 Å². The van der Waals surface area contributed by atoms with Crippen LogP contribution in [0.2, 0.25) is 5.02 Å². The van der Waals surface area contributed by atoms with Crippen LogP contribution in [0.4, 0.5) is 0 Å². The monoisotopic (exact) mass is 293 g/mol. The molecule has 4 heteroatoms. The third-order valence-electron chi connectivity index (χ3n) is 4.90. The average Bonchev–Trinajstić information content (AvgIpc) is 3.01. The van der Waals surface area contributed by atoms with Gasteiger partial charge in [0.15, 0.2) is 5.78 Å². The van der Waals surface area contributed by atoms with E-state index >= 15 is 0 Å². The van der Waals surface area contributed by atoms with Gasteiger partial charge in [-0.25, -0.2) is 0 Å². The van der Waals surface area contributed by atoms with Crippen molar-refractivity contribution in [3.8, 4) is 0 Å². The minimum atomic E-state index is -0.178. The van der Waals surface area contributed by atoms with Gasteiger partial charge in [0.2, 0.25) is 0 Å². The second-order valence-corrected chi connectivity index (χ2v) is 6.51. The molecule has 20 heavy (non-hydrogen) atoms. The fourth-order valence-electron chi connectivity index (χ4n) is 3.61. The number of halogens is 1. The SMILES string of the molecule is CC(C(=O)c1ccc(Cl)cc1)N1CC2CCC(O)C2C1. The predicted octanol–water partition coefficient (Wildman–Crippen LogP) is 2.61. The number of fused-ring (bicyclic) bond motifs is 1. The number of benzene rings is 1. The van der Waals surface area contributed by atoms with Gasteiger partial charge in [-0.05, 0) is 49.9 Å². The van der Waals surface area contributed by atoms with E-state index in [-0.39, 0.29) is 17.9 Å². The molecule has 1 N–H and O–H groups in total. The van der Waals surface area contributed by atoms with Crippen molar-refractivity contribution in [2.24, 2.45) is 11.8 Å². The van der Waals surface area contributed by atoms with Crippen LogP contribution in [0.5, 0.6) is 0 Å². The van der Waals surface area contributed by atoms with E-state index in [2.05, 4.69) is 4.90 Å². The van der Waals surface area contributed by atoms with E-state index < -0.39 is 0 Å². The number of Topliss-reactive ketones (excluding diaryl/α,β-unsaturated/α-hetero) is 1. The van der Waals surface area contributed by atoms with Crippen molar-refractivity contribution < 1.29 is 9.90 Å². The lowest BCUT2D eigenvalue weighted by Crippen LogP contribution is -2.38. The predicted molar refractivity (Wildman–Crippen MR) is 79.0 cm³/mol. The average molecular weight is 294 g/mol. The molecule has 1 aromatic carbocycles. The van der Waals surface area contributed by atoms with E-state index in [9.17, 15) is 9.90 Å². The summed E-state index contributed by atoms with van der Waals surface area (Å²) < 4.78 is 0. The Labute approximate surface area is 124 Å². The maximum Gasteiger partial charge on any atom is 0.179 e. The van der Waals surface area contributed by atoms with Gasteiger partial charge in [-0.2, -0.15) is 0 Å². The van der Waals surface area contributed by atoms with E-state index in [1.165, 1.54) is 0 Å². The minimum Gasteiger partial charge on any atom is -0.393 e. The molecule has 1 aliphatic heterocycles. The molecular weight excluding hydrogens is 274 g/mol. The zero-order chi connectivity index (χ0) is 14.3. The number of aliphatic hydroxyl groups is 1. The maximum absolute atomic E-state index is 12.5. The summed E-state index contributed by atoms with van der Waals surface area (Å²) in [6, 6.07) is 6.95. The van der Waals surface area contributed by atoms with Crippen LogP contribution in [0.25, 0.3) is 0 Å². The summed E-state index contributed by atoms with van der Waals surface area (Å²) in [5.74, 6) is 1.05. The van der Waals surface area contributed by atoms with Crippen LogP contribution in [0.15, 0.2) is 24.3 Å². The number of hydrogen-bond donors (Lipinski definition) is 1. The zero-order valence-corrected chi connectivity index (χ0v) is 12.4. The highest BCUT2D eigenvalue weighted by molar-refractivity contribution is 6.30. The first kappa shape index (κ1) is 14.1. The molecule has 1 heterocycles. The smallest absolute Gasteiger partial charge is 0.179 e. The lowest BCUT2D eigenvalue weighted by Gasteiger charge is -2.24. The maximum atomic E-state index is 12.5. The van der Waals surface area contributed by atoms with Gasteiger partial charge < -0.3 is 5.11 Å². The molecule has 0 aromatic heterocycles. The molecule has 1 saturated heterocycles. The summed E-state index contributed by atoms with van der Waals surface area (Å²) in [6.07, 6.45) is 1.83. The topological polar surface area (TPSA) is 40.5 Å². The van der Waals surface area contributed by atoms with Crippen LogP contribution in [0.1, 0.15) is 30.1 Å². The normalized spacial score (nSPS) is 31.2. The summed E-state index contributed by atoms with van der Waals surface area (Å²) in [5.41, 5.74) is 0.708. The second kappa shape index (κ2) is 5.47. The number of likely N-dealkylation sites (tertiary alicyclic amines) is 1. The van der Waals surface area contributed by atoms with Gasteiger partial charge in [-0.3, -0.25) is 9.69 Å². The van der Waals surface area contributed by atoms with Gasteiger partial charge in [0, 0.05) is 29.6 Å². The van der Waals surface area contributed by atoms with Crippen LogP contribution in [0.3, 0.4) is 0 Å². The lowest BCUT2D eigenvalue weighted by molar-refractivity contribution is 0.0826. The summed E-state index contributed by atoms with van der Waals surface area (Å²) in [4.78, 5) is 14.7. The molecule has 1 saturated carbocycles. The van der Waals surface area contributed by atoms with Gasteiger partial charge in [-0.1, -0.05) is 11.6 Å². The first-order chi connectivity index (χ1) is 9.56. The third-order valence-corrected chi connectivity index (χ3v) is 5.16. The number of carbonyl (C=O) groups is 1. The number of rotatable bonds is 3. The Morgan fingerprint density at radius 2 is 2.00 bits per heavy atom. The van der Waals surface area contributed by atoms with Crippen LogP contribution >= 0.6 is 11.6 Å². The van der Waals surface area contributed by atoms with Crippen molar-refractivity contribution in [3.05, 3.63) is 34.9 Å². The summed E-state index contributed by atoms with van der Waals surface area (Å²) in [5, 5.41) is 10.6. The molecule has 2 fully saturated rings.